The molecule has 0 aliphatic carbocycles. The highest BCUT2D eigenvalue weighted by Gasteiger charge is 2.42. The van der Waals surface area contributed by atoms with E-state index in [1.54, 1.807) is 0 Å². The molecule has 4 rings (SSSR count). The minimum Gasteiger partial charge on any atom is -0.508 e. The van der Waals surface area contributed by atoms with Crippen LogP contribution in [0, 0.1) is 0 Å². The Labute approximate surface area is 205 Å². The number of aliphatic hydroxyl groups is 1. The lowest BCUT2D eigenvalue weighted by atomic mass is 9.87. The van der Waals surface area contributed by atoms with Gasteiger partial charge in [0.1, 0.15) is 35.6 Å². The molecule has 3 N–H and O–H groups in total. The predicted molar refractivity (Wildman–Crippen MR) is 131 cm³/mol. The first-order chi connectivity index (χ1) is 16.0. The van der Waals surface area contributed by atoms with Crippen molar-refractivity contribution < 1.29 is 24.5 Å². The molecule has 0 unspecified atom stereocenters. The second kappa shape index (κ2) is 9.64. The van der Waals surface area contributed by atoms with Gasteiger partial charge in [-0.2, -0.15) is 0 Å². The quantitative estimate of drug-likeness (QED) is 0.573. The lowest BCUT2D eigenvalue weighted by Crippen LogP contribution is -2.49. The zero-order valence-electron chi connectivity index (χ0n) is 19.9. The summed E-state index contributed by atoms with van der Waals surface area (Å²) in [6.45, 7) is 7.77. The number of ether oxygens (including phenoxy) is 2. The monoisotopic (exact) mass is 488 g/mol. The molecule has 8 heteroatoms. The normalized spacial score (nSPS) is 18.3. The molecular weight excluding hydrogens is 456 g/mol. The minimum absolute atomic E-state index is 0.00280. The fraction of sp³-hybridized carbons (Fsp3) is 0.500. The van der Waals surface area contributed by atoms with Crippen molar-refractivity contribution in [1.82, 2.24) is 10.2 Å². The Kier molecular flexibility index (Phi) is 6.99. The number of rotatable bonds is 6. The maximum absolute atomic E-state index is 12.6. The number of fused-ring (bicyclic) bond motifs is 1. The smallest absolute Gasteiger partial charge is 0.255 e. The van der Waals surface area contributed by atoms with E-state index < -0.39 is 11.6 Å². The van der Waals surface area contributed by atoms with E-state index in [9.17, 15) is 15.0 Å². The molecule has 184 valence electrons. The SMILES string of the molecule is CC(C)(C)NC(=O)c1ccc(O)cc1OC[C@H](O)CN1CCC2(CC1)Cc1cc(Cl)ccc1O2. The molecule has 0 saturated carbocycles. The number of hydrogen-bond acceptors (Lipinski definition) is 6. The summed E-state index contributed by atoms with van der Waals surface area (Å²) in [5.41, 5.74) is 0.875. The number of phenols is 1. The van der Waals surface area contributed by atoms with Gasteiger partial charge in [0.15, 0.2) is 0 Å². The number of benzene rings is 2. The average molecular weight is 489 g/mol. The summed E-state index contributed by atoms with van der Waals surface area (Å²) >= 11 is 6.13. The second-order valence-electron chi connectivity index (χ2n) is 10.4. The van der Waals surface area contributed by atoms with Crippen LogP contribution >= 0.6 is 11.6 Å². The summed E-state index contributed by atoms with van der Waals surface area (Å²) in [6, 6.07) is 10.1. The number of nitrogens with zero attached hydrogens (tertiary/aromatic N) is 1. The van der Waals surface area contributed by atoms with Crippen molar-refractivity contribution in [3.05, 3.63) is 52.5 Å². The summed E-state index contributed by atoms with van der Waals surface area (Å²) in [6.07, 6.45) is 1.86. The van der Waals surface area contributed by atoms with E-state index in [1.807, 2.05) is 39.0 Å². The molecule has 2 aromatic carbocycles. The van der Waals surface area contributed by atoms with E-state index in [1.165, 1.54) is 18.2 Å². The maximum atomic E-state index is 12.6. The third kappa shape index (κ3) is 5.95. The highest BCUT2D eigenvalue weighted by molar-refractivity contribution is 6.30. The fourth-order valence-electron chi connectivity index (χ4n) is 4.59. The van der Waals surface area contributed by atoms with Gasteiger partial charge >= 0.3 is 0 Å². The van der Waals surface area contributed by atoms with Gasteiger partial charge in [-0.15, -0.1) is 0 Å². The van der Waals surface area contributed by atoms with E-state index in [0.717, 1.165) is 48.7 Å². The number of carbonyl (C=O) groups is 1. The number of aliphatic hydroxyl groups excluding tert-OH is 1. The molecule has 2 aliphatic heterocycles. The summed E-state index contributed by atoms with van der Waals surface area (Å²) in [4.78, 5) is 14.8. The van der Waals surface area contributed by atoms with Gasteiger partial charge in [-0.3, -0.25) is 4.79 Å². The Bertz CT molecular complexity index is 1040. The van der Waals surface area contributed by atoms with Crippen LogP contribution in [0.1, 0.15) is 49.5 Å². The molecule has 2 heterocycles. The van der Waals surface area contributed by atoms with Crippen molar-refractivity contribution >= 4 is 17.5 Å². The number of nitrogens with one attached hydrogen (secondary N) is 1. The van der Waals surface area contributed by atoms with Crippen LogP contribution < -0.4 is 14.8 Å². The third-order valence-corrected chi connectivity index (χ3v) is 6.46. The number of β-amino-alcohol motifs (C(OH)–C–C–N with tert-alkyl or cyclic N) is 1. The molecule has 0 radical (unpaired) electrons. The minimum atomic E-state index is -0.740. The van der Waals surface area contributed by atoms with Crippen LogP contribution in [0.2, 0.25) is 5.02 Å². The number of phenolic OH excluding ortho intramolecular Hbond substituents is 1. The van der Waals surface area contributed by atoms with Crippen molar-refractivity contribution in [2.45, 2.75) is 57.3 Å². The van der Waals surface area contributed by atoms with Crippen molar-refractivity contribution in [1.29, 1.82) is 0 Å². The Morgan fingerprint density at radius 3 is 2.68 bits per heavy atom. The first-order valence-electron chi connectivity index (χ1n) is 11.7. The highest BCUT2D eigenvalue weighted by Crippen LogP contribution is 2.42. The van der Waals surface area contributed by atoms with Gasteiger partial charge in [0.2, 0.25) is 0 Å². The Morgan fingerprint density at radius 2 is 1.97 bits per heavy atom. The number of aromatic hydroxyl groups is 1. The van der Waals surface area contributed by atoms with Crippen LogP contribution in [-0.4, -0.2) is 64.5 Å². The molecule has 1 spiro atoms. The third-order valence-electron chi connectivity index (χ3n) is 6.23. The van der Waals surface area contributed by atoms with Gasteiger partial charge in [0.25, 0.3) is 5.91 Å². The molecule has 1 amide bonds. The number of carbonyl (C=O) groups excluding carboxylic acids is 1. The van der Waals surface area contributed by atoms with Crippen molar-refractivity contribution in [3.8, 4) is 17.2 Å². The summed E-state index contributed by atoms with van der Waals surface area (Å²) in [5.74, 6) is 0.868. The van der Waals surface area contributed by atoms with Gasteiger partial charge in [-0.05, 0) is 56.7 Å². The number of amides is 1. The van der Waals surface area contributed by atoms with E-state index in [2.05, 4.69) is 10.2 Å². The lowest BCUT2D eigenvalue weighted by molar-refractivity contribution is -0.00200. The van der Waals surface area contributed by atoms with E-state index in [4.69, 9.17) is 21.1 Å². The molecule has 0 bridgehead atoms. The van der Waals surface area contributed by atoms with Crippen molar-refractivity contribution in [2.75, 3.05) is 26.2 Å². The second-order valence-corrected chi connectivity index (χ2v) is 10.8. The predicted octanol–water partition coefficient (Wildman–Crippen LogP) is 3.78. The van der Waals surface area contributed by atoms with Crippen LogP contribution in [0.4, 0.5) is 0 Å². The number of piperidine rings is 1. The molecule has 2 aromatic rings. The molecule has 0 aromatic heterocycles. The van der Waals surface area contributed by atoms with Crippen LogP contribution in [0.25, 0.3) is 0 Å². The molecule has 34 heavy (non-hydrogen) atoms. The molecule has 1 saturated heterocycles. The van der Waals surface area contributed by atoms with Crippen molar-refractivity contribution in [2.24, 2.45) is 0 Å². The standard InChI is InChI=1S/C26H33ClN2O5/c1-25(2,3)28-24(32)21-6-5-19(30)13-23(21)33-16-20(31)15-29-10-8-26(9-11-29)14-17-12-18(27)4-7-22(17)34-26/h4-7,12-13,20,30-31H,8-11,14-16H2,1-3H3,(H,28,32)/t20-/m1/s1. The van der Waals surface area contributed by atoms with Gasteiger partial charge < -0.3 is 29.9 Å². The van der Waals surface area contributed by atoms with Gasteiger partial charge in [0.05, 0.1) is 5.56 Å². The molecule has 1 atom stereocenters. The number of halogens is 1. The van der Waals surface area contributed by atoms with Gasteiger partial charge in [0, 0.05) is 55.5 Å². The fourth-order valence-corrected chi connectivity index (χ4v) is 4.78. The molecule has 7 nitrogen and oxygen atoms in total. The van der Waals surface area contributed by atoms with Crippen molar-refractivity contribution in [3.63, 3.8) is 0 Å². The summed E-state index contributed by atoms with van der Waals surface area (Å²) < 4.78 is 12.1. The topological polar surface area (TPSA) is 91.3 Å². The van der Waals surface area contributed by atoms with E-state index in [-0.39, 0.29) is 29.6 Å². The van der Waals surface area contributed by atoms with Gasteiger partial charge in [-0.25, -0.2) is 0 Å². The molecule has 2 aliphatic rings. The Balaban J connectivity index is 1.29. The maximum Gasteiger partial charge on any atom is 0.255 e. The lowest BCUT2D eigenvalue weighted by Gasteiger charge is -2.39. The molecule has 1 fully saturated rings. The number of hydrogen-bond donors (Lipinski definition) is 3. The van der Waals surface area contributed by atoms with Crippen LogP contribution in [-0.2, 0) is 6.42 Å². The summed E-state index contributed by atoms with van der Waals surface area (Å²) in [7, 11) is 0. The van der Waals surface area contributed by atoms with E-state index in [0.29, 0.717) is 12.1 Å². The first kappa shape index (κ1) is 24.6. The number of likely N-dealkylation sites (tertiary alicyclic amines) is 1. The highest BCUT2D eigenvalue weighted by atomic mass is 35.5. The molecular formula is C26H33ClN2O5. The Hall–Kier alpha value is -2.48. The van der Waals surface area contributed by atoms with Gasteiger partial charge in [-0.1, -0.05) is 11.6 Å². The zero-order valence-corrected chi connectivity index (χ0v) is 20.7. The van der Waals surface area contributed by atoms with Crippen LogP contribution in [0.3, 0.4) is 0 Å². The van der Waals surface area contributed by atoms with E-state index >= 15 is 0 Å². The largest absolute Gasteiger partial charge is 0.508 e. The van der Waals surface area contributed by atoms with Crippen LogP contribution in [0.15, 0.2) is 36.4 Å². The summed E-state index contributed by atoms with van der Waals surface area (Å²) in [5, 5.41) is 24.1. The zero-order chi connectivity index (χ0) is 24.5. The first-order valence-corrected chi connectivity index (χ1v) is 12.1. The van der Waals surface area contributed by atoms with Crippen LogP contribution in [0.5, 0.6) is 17.2 Å². The Morgan fingerprint density at radius 1 is 1.24 bits per heavy atom. The average Bonchev–Trinajstić information content (AvgIpc) is 3.09.